The lowest BCUT2D eigenvalue weighted by molar-refractivity contribution is 0.0695. The number of aromatic carboxylic acids is 1. The van der Waals surface area contributed by atoms with Gasteiger partial charge < -0.3 is 24.7 Å². The molecule has 208 valence electrons. The fraction of sp³-hybridized carbons (Fsp3) is 0.222. The van der Waals surface area contributed by atoms with E-state index in [2.05, 4.69) is 20.8 Å². The lowest BCUT2D eigenvalue weighted by Crippen LogP contribution is -2.30. The molecule has 0 aliphatic heterocycles. The molecule has 0 radical (unpaired) electrons. The van der Waals surface area contributed by atoms with Crippen LogP contribution in [0.3, 0.4) is 0 Å². The van der Waals surface area contributed by atoms with Crippen molar-refractivity contribution in [3.05, 3.63) is 91.0 Å². The summed E-state index contributed by atoms with van der Waals surface area (Å²) >= 11 is 5.20. The molecule has 1 atom stereocenters. The van der Waals surface area contributed by atoms with Gasteiger partial charge in [0.2, 0.25) is 0 Å². The first-order valence-corrected chi connectivity index (χ1v) is 13.0. The summed E-state index contributed by atoms with van der Waals surface area (Å²) in [5.74, 6) is -2.65. The van der Waals surface area contributed by atoms with E-state index >= 15 is 0 Å². The van der Waals surface area contributed by atoms with Gasteiger partial charge in [0.15, 0.2) is 5.58 Å². The minimum absolute atomic E-state index is 0.00791. The largest absolute Gasteiger partial charge is 0.478 e. The van der Waals surface area contributed by atoms with E-state index in [-0.39, 0.29) is 40.2 Å². The molecule has 0 saturated heterocycles. The lowest BCUT2D eigenvalue weighted by Gasteiger charge is -2.16. The van der Waals surface area contributed by atoms with Gasteiger partial charge in [0, 0.05) is 13.6 Å². The molecule has 14 heteroatoms. The topological polar surface area (TPSA) is 174 Å². The highest BCUT2D eigenvalue weighted by Gasteiger charge is 2.29. The fourth-order valence-electron chi connectivity index (χ4n) is 5.19. The average Bonchev–Trinajstić information content (AvgIpc) is 3.62. The highest BCUT2D eigenvalue weighted by atomic mass is 32.1. The van der Waals surface area contributed by atoms with Crippen molar-refractivity contribution in [2.45, 2.75) is 32.4 Å². The van der Waals surface area contributed by atoms with Crippen molar-refractivity contribution in [2.75, 3.05) is 0 Å². The van der Waals surface area contributed by atoms with E-state index in [1.165, 1.54) is 21.1 Å². The number of hydrogen-bond donors (Lipinski definition) is 3. The molecule has 0 unspecified atom stereocenters. The number of carbonyl (C=O) groups excluding carboxylic acids is 2. The molecule has 0 fully saturated rings. The molecular formula is C27H22N6O7S. The van der Waals surface area contributed by atoms with E-state index < -0.39 is 23.5 Å². The summed E-state index contributed by atoms with van der Waals surface area (Å²) in [6.45, 7) is 1.87. The molecule has 2 amide bonds. The molecule has 3 heterocycles. The van der Waals surface area contributed by atoms with Crippen molar-refractivity contribution in [2.24, 2.45) is 7.05 Å². The predicted molar refractivity (Wildman–Crippen MR) is 145 cm³/mol. The number of fused-ring (bicyclic) bond motifs is 3. The monoisotopic (exact) mass is 574 g/mol. The van der Waals surface area contributed by atoms with Gasteiger partial charge in [0.05, 0.1) is 17.1 Å². The van der Waals surface area contributed by atoms with Crippen LogP contribution in [0, 0.1) is 11.8 Å². The summed E-state index contributed by atoms with van der Waals surface area (Å²) in [6.07, 6.45) is 1.19. The van der Waals surface area contributed by atoms with Gasteiger partial charge in [-0.15, -0.1) is 0 Å². The lowest BCUT2D eigenvalue weighted by atomic mass is 9.98. The van der Waals surface area contributed by atoms with E-state index in [0.717, 1.165) is 11.1 Å². The van der Waals surface area contributed by atoms with Crippen LogP contribution in [-0.2, 0) is 20.0 Å². The fourth-order valence-corrected chi connectivity index (χ4v) is 5.40. The number of carboxylic acid groups (broad SMARTS) is 1. The second-order valence-corrected chi connectivity index (χ2v) is 10.0. The van der Waals surface area contributed by atoms with Crippen LogP contribution in [0.1, 0.15) is 66.1 Å². The smallest absolute Gasteiger partial charge is 0.419 e. The van der Waals surface area contributed by atoms with Gasteiger partial charge in [-0.25, -0.2) is 19.0 Å². The summed E-state index contributed by atoms with van der Waals surface area (Å²) < 4.78 is 12.8. The van der Waals surface area contributed by atoms with Crippen LogP contribution in [-0.4, -0.2) is 42.0 Å². The first-order valence-electron chi connectivity index (χ1n) is 12.5. The minimum Gasteiger partial charge on any atom is -0.478 e. The van der Waals surface area contributed by atoms with Crippen molar-refractivity contribution in [3.63, 3.8) is 0 Å². The van der Waals surface area contributed by atoms with Crippen LogP contribution in [0.2, 0.25) is 0 Å². The Labute approximate surface area is 235 Å². The van der Waals surface area contributed by atoms with Gasteiger partial charge in [-0.2, -0.15) is 0 Å². The maximum absolute atomic E-state index is 13.5. The van der Waals surface area contributed by atoms with Gasteiger partial charge in [0.25, 0.3) is 17.6 Å². The Hall–Kier alpha value is -5.11. The second kappa shape index (κ2) is 9.82. The zero-order valence-electron chi connectivity index (χ0n) is 21.8. The number of aryl methyl sites for hydroxylation is 1. The van der Waals surface area contributed by atoms with Crippen LogP contribution >= 0.6 is 12.2 Å². The number of carboxylic acids is 1. The van der Waals surface area contributed by atoms with Crippen molar-refractivity contribution >= 4 is 46.9 Å². The molecule has 1 aliphatic carbocycles. The minimum atomic E-state index is -1.00. The number of amides is 2. The number of oxazole rings is 1. The Morgan fingerprint density at radius 3 is 2.76 bits per heavy atom. The third-order valence-corrected chi connectivity index (χ3v) is 7.58. The molecule has 0 bridgehead atoms. The highest BCUT2D eigenvalue weighted by Crippen LogP contribution is 2.35. The Kier molecular flexibility index (Phi) is 6.26. The zero-order chi connectivity index (χ0) is 29.0. The summed E-state index contributed by atoms with van der Waals surface area (Å²) in [5.41, 5.74) is 4.29. The number of rotatable bonds is 6. The molecule has 3 N–H and O–H groups in total. The van der Waals surface area contributed by atoms with E-state index in [1.807, 2.05) is 0 Å². The number of carbonyl (C=O) groups is 3. The third-order valence-electron chi connectivity index (χ3n) is 7.33. The molecule has 2 aromatic carbocycles. The van der Waals surface area contributed by atoms with E-state index in [1.54, 1.807) is 38.2 Å². The van der Waals surface area contributed by atoms with E-state index in [9.17, 15) is 24.3 Å². The summed E-state index contributed by atoms with van der Waals surface area (Å²) in [5, 5.41) is 19.0. The van der Waals surface area contributed by atoms with Crippen LogP contribution in [0.5, 0.6) is 0 Å². The summed E-state index contributed by atoms with van der Waals surface area (Å²) in [6, 6.07) is 9.28. The highest BCUT2D eigenvalue weighted by molar-refractivity contribution is 7.71. The van der Waals surface area contributed by atoms with Gasteiger partial charge in [-0.05, 0) is 83.7 Å². The molecular weight excluding hydrogens is 552 g/mol. The summed E-state index contributed by atoms with van der Waals surface area (Å²) in [4.78, 5) is 54.0. The van der Waals surface area contributed by atoms with Crippen molar-refractivity contribution in [1.82, 2.24) is 29.7 Å². The van der Waals surface area contributed by atoms with E-state index in [0.29, 0.717) is 35.1 Å². The van der Waals surface area contributed by atoms with Crippen molar-refractivity contribution in [3.8, 4) is 0 Å². The van der Waals surface area contributed by atoms with E-state index in [4.69, 9.17) is 21.2 Å². The maximum atomic E-state index is 13.5. The number of aromatic nitrogens is 4. The van der Waals surface area contributed by atoms with Gasteiger partial charge in [-0.3, -0.25) is 14.2 Å². The molecule has 0 spiro atoms. The van der Waals surface area contributed by atoms with Crippen LogP contribution in [0.15, 0.2) is 50.1 Å². The first kappa shape index (κ1) is 26.1. The number of hydrogen-bond acceptors (Lipinski definition) is 9. The maximum Gasteiger partial charge on any atom is 0.419 e. The Morgan fingerprint density at radius 1 is 1.17 bits per heavy atom. The quantitative estimate of drug-likeness (QED) is 0.256. The van der Waals surface area contributed by atoms with Crippen LogP contribution in [0.25, 0.3) is 16.9 Å². The molecule has 13 nitrogen and oxygen atoms in total. The predicted octanol–water partition coefficient (Wildman–Crippen LogP) is 2.85. The van der Waals surface area contributed by atoms with Gasteiger partial charge in [0.1, 0.15) is 11.4 Å². The van der Waals surface area contributed by atoms with Gasteiger partial charge >= 0.3 is 16.6 Å². The van der Waals surface area contributed by atoms with Crippen LogP contribution < -0.4 is 16.4 Å². The van der Waals surface area contributed by atoms with Gasteiger partial charge in [-0.1, -0.05) is 12.1 Å². The Balaban J connectivity index is 1.26. The number of nitrogens with one attached hydrogen (secondary N) is 2. The average molecular weight is 575 g/mol. The Morgan fingerprint density at radius 2 is 1.98 bits per heavy atom. The normalized spacial score (nSPS) is 14.3. The molecule has 1 aliphatic rings. The zero-order valence-corrected chi connectivity index (χ0v) is 22.6. The standard InChI is InChI=1S/C27H22N6O7S/c1-12-14-6-7-17(16(14)5-4-15(12)24(36)37)29-23(35)20-10-18(30-25-31-40-27(41)33(20)25)22(34)28-11-13-3-8-21-19(9-13)32(2)26(38)39-21/h3-5,8-10,17H,6-7,11H2,1-2H3,(H,28,34)(H,29,35)(H,36,37)/t17-/m0/s1. The Bertz CT molecular complexity index is 2040. The molecule has 0 saturated carbocycles. The first-order chi connectivity index (χ1) is 19.6. The summed E-state index contributed by atoms with van der Waals surface area (Å²) in [7, 11) is 1.59. The third kappa shape index (κ3) is 4.47. The SMILES string of the molecule is Cc1c(C(=O)O)ccc2c1CC[C@@H]2NC(=O)c1cc(C(=O)NCc2ccc3oc(=O)n(C)c3c2)nc2noc(=S)n12. The number of benzene rings is 2. The number of nitrogens with zero attached hydrogens (tertiary/aromatic N) is 4. The molecule has 3 aromatic heterocycles. The molecule has 5 aromatic rings. The second-order valence-electron chi connectivity index (χ2n) is 9.70. The van der Waals surface area contributed by atoms with Crippen LogP contribution in [0.4, 0.5) is 0 Å². The molecule has 6 rings (SSSR count). The molecule has 41 heavy (non-hydrogen) atoms. The van der Waals surface area contributed by atoms with Crippen molar-refractivity contribution < 1.29 is 28.4 Å². The van der Waals surface area contributed by atoms with Crippen molar-refractivity contribution in [1.29, 1.82) is 0 Å².